The Morgan fingerprint density at radius 1 is 1.23 bits per heavy atom. The van der Waals surface area contributed by atoms with E-state index < -0.39 is 34.7 Å². The van der Waals surface area contributed by atoms with Crippen molar-refractivity contribution in [2.24, 2.45) is 10.9 Å². The molecule has 1 atom stereocenters. The van der Waals surface area contributed by atoms with E-state index in [1.54, 1.807) is 32.9 Å². The first kappa shape index (κ1) is 16.8. The first-order valence-electron chi connectivity index (χ1n) is 6.77. The van der Waals surface area contributed by atoms with Crippen LogP contribution in [0.2, 0.25) is 0 Å². The van der Waals surface area contributed by atoms with E-state index >= 15 is 0 Å². The van der Waals surface area contributed by atoms with E-state index in [0.717, 1.165) is 5.56 Å². The molecule has 8 heteroatoms. The van der Waals surface area contributed by atoms with Crippen LogP contribution >= 0.6 is 0 Å². The Balaban J connectivity index is 2.52. The van der Waals surface area contributed by atoms with E-state index in [4.69, 9.17) is 0 Å². The lowest BCUT2D eigenvalue weighted by atomic mass is 10.2. The highest BCUT2D eigenvalue weighted by Gasteiger charge is 2.52. The molecule has 1 heterocycles. The van der Waals surface area contributed by atoms with Crippen molar-refractivity contribution < 1.29 is 21.6 Å². The predicted octanol–water partition coefficient (Wildman–Crippen LogP) is 2.98. The van der Waals surface area contributed by atoms with Gasteiger partial charge in [0.1, 0.15) is 5.84 Å². The SMILES string of the molecule is Cc1ccc(S(=O)(=O)N2C(C(C)C)=NCC2C(F)(F)F)cc1. The summed E-state index contributed by atoms with van der Waals surface area (Å²) in [7, 11) is -4.30. The molecule has 0 radical (unpaired) electrons. The molecule has 1 aromatic rings. The molecule has 22 heavy (non-hydrogen) atoms. The maximum absolute atomic E-state index is 13.2. The molecular formula is C14H17F3N2O2S. The van der Waals surface area contributed by atoms with E-state index in [1.165, 1.54) is 12.1 Å². The summed E-state index contributed by atoms with van der Waals surface area (Å²) in [5.74, 6) is -0.476. The smallest absolute Gasteiger partial charge is 0.269 e. The minimum Gasteiger partial charge on any atom is -0.269 e. The maximum Gasteiger partial charge on any atom is 0.411 e. The molecule has 0 saturated heterocycles. The normalized spacial score (nSPS) is 19.7. The average molecular weight is 334 g/mol. The Hall–Kier alpha value is -1.57. The Morgan fingerprint density at radius 2 is 1.77 bits per heavy atom. The highest BCUT2D eigenvalue weighted by molar-refractivity contribution is 7.89. The van der Waals surface area contributed by atoms with Crippen molar-refractivity contribution in [2.45, 2.75) is 37.9 Å². The highest BCUT2D eigenvalue weighted by Crippen LogP contribution is 2.34. The van der Waals surface area contributed by atoms with Crippen LogP contribution in [0.25, 0.3) is 0 Å². The Labute approximate surface area is 127 Å². The van der Waals surface area contributed by atoms with E-state index in [-0.39, 0.29) is 10.7 Å². The largest absolute Gasteiger partial charge is 0.411 e. The highest BCUT2D eigenvalue weighted by atomic mass is 32.2. The summed E-state index contributed by atoms with van der Waals surface area (Å²) in [6.45, 7) is 4.42. The minimum atomic E-state index is -4.67. The number of alkyl halides is 3. The lowest BCUT2D eigenvalue weighted by molar-refractivity contribution is -0.159. The Bertz CT molecular complexity index is 679. The van der Waals surface area contributed by atoms with Gasteiger partial charge in [-0.2, -0.15) is 13.2 Å². The van der Waals surface area contributed by atoms with Crippen LogP contribution in [-0.2, 0) is 10.0 Å². The first-order chi connectivity index (χ1) is 10.0. The number of halogens is 3. The third kappa shape index (κ3) is 2.97. The zero-order valence-corrected chi connectivity index (χ0v) is 13.2. The van der Waals surface area contributed by atoms with Crippen molar-refractivity contribution in [2.75, 3.05) is 6.54 Å². The molecule has 0 amide bonds. The summed E-state index contributed by atoms with van der Waals surface area (Å²) in [5.41, 5.74) is 0.825. The molecule has 0 saturated carbocycles. The Morgan fingerprint density at radius 3 is 2.23 bits per heavy atom. The summed E-state index contributed by atoms with van der Waals surface area (Å²) < 4.78 is 65.3. The van der Waals surface area contributed by atoms with E-state index in [1.807, 2.05) is 0 Å². The fourth-order valence-electron chi connectivity index (χ4n) is 2.27. The summed E-state index contributed by atoms with van der Waals surface area (Å²) in [6, 6.07) is 3.59. The zero-order chi connectivity index (χ0) is 16.7. The number of aryl methyl sites for hydroxylation is 1. The zero-order valence-electron chi connectivity index (χ0n) is 12.4. The minimum absolute atomic E-state index is 0.0529. The first-order valence-corrected chi connectivity index (χ1v) is 8.21. The van der Waals surface area contributed by atoms with Gasteiger partial charge in [0.25, 0.3) is 10.0 Å². The lowest BCUT2D eigenvalue weighted by Gasteiger charge is -2.30. The second-order valence-corrected chi connectivity index (χ2v) is 7.34. The molecule has 0 bridgehead atoms. The molecule has 2 rings (SSSR count). The second-order valence-electron chi connectivity index (χ2n) is 5.52. The fraction of sp³-hybridized carbons (Fsp3) is 0.500. The molecule has 1 aliphatic heterocycles. The van der Waals surface area contributed by atoms with Crippen LogP contribution < -0.4 is 0 Å². The number of benzene rings is 1. The van der Waals surface area contributed by atoms with Gasteiger partial charge in [-0.05, 0) is 19.1 Å². The van der Waals surface area contributed by atoms with Crippen molar-refractivity contribution in [1.82, 2.24) is 4.31 Å². The molecule has 1 aliphatic rings. The second kappa shape index (κ2) is 5.57. The van der Waals surface area contributed by atoms with Crippen LogP contribution in [0, 0.1) is 12.8 Å². The molecule has 0 N–H and O–H groups in total. The lowest BCUT2D eigenvalue weighted by Crippen LogP contribution is -2.50. The van der Waals surface area contributed by atoms with Gasteiger partial charge in [-0.25, -0.2) is 12.7 Å². The quantitative estimate of drug-likeness (QED) is 0.853. The molecule has 0 aromatic heterocycles. The van der Waals surface area contributed by atoms with Crippen LogP contribution in [-0.4, -0.2) is 37.3 Å². The molecule has 122 valence electrons. The number of hydrogen-bond donors (Lipinski definition) is 0. The van der Waals surface area contributed by atoms with Gasteiger partial charge >= 0.3 is 6.18 Å². The van der Waals surface area contributed by atoms with Crippen LogP contribution in [0.3, 0.4) is 0 Å². The van der Waals surface area contributed by atoms with Crippen molar-refractivity contribution >= 4 is 15.9 Å². The van der Waals surface area contributed by atoms with Gasteiger partial charge < -0.3 is 0 Å². The number of hydrogen-bond acceptors (Lipinski definition) is 3. The molecular weight excluding hydrogens is 317 g/mol. The number of rotatable bonds is 3. The van der Waals surface area contributed by atoms with Crippen molar-refractivity contribution in [3.8, 4) is 0 Å². The summed E-state index contributed by atoms with van der Waals surface area (Å²) in [4.78, 5) is 3.65. The predicted molar refractivity (Wildman–Crippen MR) is 77.2 cm³/mol. The van der Waals surface area contributed by atoms with Gasteiger partial charge in [0.05, 0.1) is 11.4 Å². The van der Waals surface area contributed by atoms with Gasteiger partial charge in [-0.1, -0.05) is 31.5 Å². The third-order valence-corrected chi connectivity index (χ3v) is 5.23. The summed E-state index contributed by atoms with van der Waals surface area (Å²) in [5, 5.41) is 0. The van der Waals surface area contributed by atoms with Gasteiger partial charge in [-0.15, -0.1) is 0 Å². The van der Waals surface area contributed by atoms with E-state index in [0.29, 0.717) is 4.31 Å². The molecule has 4 nitrogen and oxygen atoms in total. The van der Waals surface area contributed by atoms with Crippen LogP contribution in [0.4, 0.5) is 13.2 Å². The van der Waals surface area contributed by atoms with Crippen LogP contribution in [0.15, 0.2) is 34.2 Å². The van der Waals surface area contributed by atoms with Crippen molar-refractivity contribution in [3.05, 3.63) is 29.8 Å². The third-order valence-electron chi connectivity index (χ3n) is 3.41. The number of nitrogens with zero attached hydrogens (tertiary/aromatic N) is 2. The van der Waals surface area contributed by atoms with Gasteiger partial charge in [0.2, 0.25) is 0 Å². The number of sulfonamides is 1. The molecule has 1 unspecified atom stereocenters. The monoisotopic (exact) mass is 334 g/mol. The molecule has 0 fully saturated rings. The fourth-order valence-corrected chi connectivity index (χ4v) is 4.01. The standard InChI is InChI=1S/C14H17F3N2O2S/c1-9(2)13-18-8-12(14(15,16)17)19(13)22(20,21)11-6-4-10(3)5-7-11/h4-7,9,12H,8H2,1-3H3. The van der Waals surface area contributed by atoms with Crippen LogP contribution in [0.1, 0.15) is 19.4 Å². The number of amidine groups is 1. The van der Waals surface area contributed by atoms with Gasteiger partial charge in [0.15, 0.2) is 6.04 Å². The Kier molecular flexibility index (Phi) is 4.25. The number of aliphatic imine (C=N–C) groups is 1. The topological polar surface area (TPSA) is 49.7 Å². The maximum atomic E-state index is 13.2. The summed E-state index contributed by atoms with van der Waals surface area (Å²) in [6.07, 6.45) is -4.67. The van der Waals surface area contributed by atoms with Crippen molar-refractivity contribution in [1.29, 1.82) is 0 Å². The molecule has 1 aromatic carbocycles. The van der Waals surface area contributed by atoms with Gasteiger partial charge in [-0.3, -0.25) is 4.99 Å². The van der Waals surface area contributed by atoms with Crippen LogP contribution in [0.5, 0.6) is 0 Å². The summed E-state index contributed by atoms with van der Waals surface area (Å²) >= 11 is 0. The van der Waals surface area contributed by atoms with E-state index in [9.17, 15) is 21.6 Å². The molecule has 0 spiro atoms. The van der Waals surface area contributed by atoms with E-state index in [2.05, 4.69) is 4.99 Å². The van der Waals surface area contributed by atoms with Gasteiger partial charge in [0, 0.05) is 5.92 Å². The van der Waals surface area contributed by atoms with Crippen molar-refractivity contribution in [3.63, 3.8) is 0 Å². The average Bonchev–Trinajstić information content (AvgIpc) is 2.84. The molecule has 0 aliphatic carbocycles.